The summed E-state index contributed by atoms with van der Waals surface area (Å²) in [5, 5.41) is 11.0. The summed E-state index contributed by atoms with van der Waals surface area (Å²) in [6.45, 7) is 0.0127. The first-order valence-corrected chi connectivity index (χ1v) is 7.39. The summed E-state index contributed by atoms with van der Waals surface area (Å²) in [5.74, 6) is -2.09. The smallest absolute Gasteiger partial charge is 0.129 e. The van der Waals surface area contributed by atoms with Crippen LogP contribution in [-0.4, -0.2) is 11.7 Å². The van der Waals surface area contributed by atoms with Gasteiger partial charge < -0.3 is 10.8 Å². The van der Waals surface area contributed by atoms with E-state index in [1.165, 1.54) is 6.07 Å². The molecule has 0 aromatic heterocycles. The number of aliphatic hydroxyl groups excluding tert-OH is 1. The average Bonchev–Trinajstić information content (AvgIpc) is 2.41. The van der Waals surface area contributed by atoms with Crippen LogP contribution in [0.15, 0.2) is 40.9 Å². The Balaban J connectivity index is 2.40. The van der Waals surface area contributed by atoms with E-state index in [4.69, 9.17) is 17.3 Å². The minimum absolute atomic E-state index is 0.0127. The molecule has 112 valence electrons. The predicted molar refractivity (Wildman–Crippen MR) is 82.3 cm³/mol. The summed E-state index contributed by atoms with van der Waals surface area (Å²) >= 11 is 9.17. The second-order valence-corrected chi connectivity index (χ2v) is 5.91. The van der Waals surface area contributed by atoms with Gasteiger partial charge in [0.25, 0.3) is 0 Å². The molecule has 2 nitrogen and oxygen atoms in total. The molecule has 21 heavy (non-hydrogen) atoms. The van der Waals surface area contributed by atoms with Crippen LogP contribution >= 0.6 is 27.5 Å². The summed E-state index contributed by atoms with van der Waals surface area (Å²) in [6.07, 6.45) is -1.04. The zero-order chi connectivity index (χ0) is 15.6. The van der Waals surface area contributed by atoms with Crippen molar-refractivity contribution in [3.63, 3.8) is 0 Å². The van der Waals surface area contributed by atoms with Crippen LogP contribution in [0.25, 0.3) is 0 Å². The van der Waals surface area contributed by atoms with Crippen LogP contribution in [-0.2, 0) is 0 Å². The van der Waals surface area contributed by atoms with Crippen molar-refractivity contribution >= 4 is 27.5 Å². The number of halogens is 4. The molecule has 0 radical (unpaired) electrons. The SMILES string of the molecule is NCC(c1ccc(F)cc1F)C(O)c1ccc(Cl)cc1Br. The van der Waals surface area contributed by atoms with E-state index in [-0.39, 0.29) is 12.1 Å². The lowest BCUT2D eigenvalue weighted by molar-refractivity contribution is 0.145. The largest absolute Gasteiger partial charge is 0.388 e. The maximum atomic E-state index is 13.9. The Morgan fingerprint density at radius 2 is 1.81 bits per heavy atom. The van der Waals surface area contributed by atoms with Gasteiger partial charge in [-0.05, 0) is 29.3 Å². The summed E-state index contributed by atoms with van der Waals surface area (Å²) in [7, 11) is 0. The molecule has 0 saturated carbocycles. The number of nitrogens with two attached hydrogens (primary N) is 1. The first-order valence-electron chi connectivity index (χ1n) is 6.22. The predicted octanol–water partition coefficient (Wildman–Crippen LogP) is 4.16. The van der Waals surface area contributed by atoms with Gasteiger partial charge >= 0.3 is 0 Å². The molecular weight excluding hydrogens is 364 g/mol. The normalized spacial score (nSPS) is 14.0. The van der Waals surface area contributed by atoms with Crippen molar-refractivity contribution in [3.05, 3.63) is 68.7 Å². The Morgan fingerprint density at radius 3 is 2.38 bits per heavy atom. The fourth-order valence-electron chi connectivity index (χ4n) is 2.19. The molecule has 0 fully saturated rings. The van der Waals surface area contributed by atoms with E-state index in [1.54, 1.807) is 18.2 Å². The first-order chi connectivity index (χ1) is 9.93. The Labute approximate surface area is 134 Å². The summed E-state index contributed by atoms with van der Waals surface area (Å²) < 4.78 is 27.5. The standard InChI is InChI=1S/C15H13BrClF2NO/c16-13-5-8(17)1-3-11(13)15(21)12(7-20)10-4-2-9(18)6-14(10)19/h1-6,12,15,21H,7,20H2. The van der Waals surface area contributed by atoms with Crippen molar-refractivity contribution in [2.45, 2.75) is 12.0 Å². The lowest BCUT2D eigenvalue weighted by Crippen LogP contribution is -2.21. The molecule has 0 spiro atoms. The van der Waals surface area contributed by atoms with Gasteiger partial charge in [-0.25, -0.2) is 8.78 Å². The lowest BCUT2D eigenvalue weighted by atomic mass is 9.89. The second kappa shape index (κ2) is 6.83. The van der Waals surface area contributed by atoms with Crippen molar-refractivity contribution in [2.75, 3.05) is 6.54 Å². The van der Waals surface area contributed by atoms with E-state index in [1.807, 2.05) is 0 Å². The van der Waals surface area contributed by atoms with Crippen LogP contribution < -0.4 is 5.73 Å². The number of rotatable bonds is 4. The number of hydrogen-bond donors (Lipinski definition) is 2. The van der Waals surface area contributed by atoms with Crippen molar-refractivity contribution in [1.82, 2.24) is 0 Å². The molecule has 0 amide bonds. The molecule has 0 bridgehead atoms. The van der Waals surface area contributed by atoms with E-state index < -0.39 is 23.7 Å². The van der Waals surface area contributed by atoms with Gasteiger partial charge in [-0.1, -0.05) is 39.7 Å². The van der Waals surface area contributed by atoms with Crippen LogP contribution in [0.1, 0.15) is 23.1 Å². The van der Waals surface area contributed by atoms with Crippen molar-refractivity contribution in [2.24, 2.45) is 5.73 Å². The molecule has 2 atom stereocenters. The Morgan fingerprint density at radius 1 is 1.14 bits per heavy atom. The summed E-state index contributed by atoms with van der Waals surface area (Å²) in [6, 6.07) is 8.12. The van der Waals surface area contributed by atoms with Crippen LogP contribution in [0.4, 0.5) is 8.78 Å². The molecule has 2 aromatic carbocycles. The molecule has 2 rings (SSSR count). The van der Waals surface area contributed by atoms with E-state index in [0.717, 1.165) is 12.1 Å². The molecular formula is C15H13BrClF2NO. The Hall–Kier alpha value is -1.01. The molecule has 0 aliphatic carbocycles. The average molecular weight is 377 g/mol. The topological polar surface area (TPSA) is 46.2 Å². The van der Waals surface area contributed by atoms with Gasteiger partial charge in [0, 0.05) is 28.0 Å². The van der Waals surface area contributed by atoms with Crippen LogP contribution in [0.3, 0.4) is 0 Å². The molecule has 3 N–H and O–H groups in total. The highest BCUT2D eigenvalue weighted by Crippen LogP contribution is 2.36. The van der Waals surface area contributed by atoms with Gasteiger partial charge in [0.2, 0.25) is 0 Å². The van der Waals surface area contributed by atoms with Crippen molar-refractivity contribution < 1.29 is 13.9 Å². The fourth-order valence-corrected chi connectivity index (χ4v) is 3.10. The third-order valence-corrected chi connectivity index (χ3v) is 4.20. The van der Waals surface area contributed by atoms with Gasteiger partial charge in [0.05, 0.1) is 6.10 Å². The summed E-state index contributed by atoms with van der Waals surface area (Å²) in [4.78, 5) is 0. The molecule has 0 heterocycles. The van der Waals surface area contributed by atoms with Gasteiger partial charge in [-0.2, -0.15) is 0 Å². The molecule has 0 aliphatic heterocycles. The monoisotopic (exact) mass is 375 g/mol. The maximum absolute atomic E-state index is 13.9. The van der Waals surface area contributed by atoms with Crippen molar-refractivity contribution in [1.29, 1.82) is 0 Å². The number of aliphatic hydroxyl groups is 1. The molecule has 2 aromatic rings. The summed E-state index contributed by atoms with van der Waals surface area (Å²) in [5.41, 5.74) is 6.38. The third kappa shape index (κ3) is 3.61. The fraction of sp³-hybridized carbons (Fsp3) is 0.200. The van der Waals surface area contributed by atoms with E-state index in [0.29, 0.717) is 15.1 Å². The highest BCUT2D eigenvalue weighted by molar-refractivity contribution is 9.10. The van der Waals surface area contributed by atoms with Crippen LogP contribution in [0, 0.1) is 11.6 Å². The van der Waals surface area contributed by atoms with E-state index in [9.17, 15) is 13.9 Å². The zero-order valence-electron chi connectivity index (χ0n) is 10.9. The van der Waals surface area contributed by atoms with E-state index in [2.05, 4.69) is 15.9 Å². The van der Waals surface area contributed by atoms with Crippen LogP contribution in [0.2, 0.25) is 5.02 Å². The highest BCUT2D eigenvalue weighted by Gasteiger charge is 2.26. The molecule has 0 aliphatic rings. The van der Waals surface area contributed by atoms with Gasteiger partial charge in [-0.15, -0.1) is 0 Å². The number of benzene rings is 2. The number of hydrogen-bond acceptors (Lipinski definition) is 2. The van der Waals surface area contributed by atoms with Gasteiger partial charge in [0.1, 0.15) is 11.6 Å². The lowest BCUT2D eigenvalue weighted by Gasteiger charge is -2.23. The first kappa shape index (κ1) is 16.4. The molecule has 2 unspecified atom stereocenters. The van der Waals surface area contributed by atoms with Gasteiger partial charge in [0.15, 0.2) is 0 Å². The van der Waals surface area contributed by atoms with E-state index >= 15 is 0 Å². The Bertz CT molecular complexity index is 654. The second-order valence-electron chi connectivity index (χ2n) is 4.62. The highest BCUT2D eigenvalue weighted by atomic mass is 79.9. The minimum atomic E-state index is -1.04. The third-order valence-electron chi connectivity index (χ3n) is 3.28. The maximum Gasteiger partial charge on any atom is 0.129 e. The quantitative estimate of drug-likeness (QED) is 0.842. The van der Waals surface area contributed by atoms with Crippen LogP contribution in [0.5, 0.6) is 0 Å². The Kier molecular flexibility index (Phi) is 5.32. The molecule has 0 saturated heterocycles. The van der Waals surface area contributed by atoms with Gasteiger partial charge in [-0.3, -0.25) is 0 Å². The minimum Gasteiger partial charge on any atom is -0.388 e. The van der Waals surface area contributed by atoms with Crippen molar-refractivity contribution in [3.8, 4) is 0 Å². The zero-order valence-corrected chi connectivity index (χ0v) is 13.2. The molecule has 6 heteroatoms.